The van der Waals surface area contributed by atoms with Crippen molar-refractivity contribution in [1.29, 1.82) is 0 Å². The predicted octanol–water partition coefficient (Wildman–Crippen LogP) is 3.50. The van der Waals surface area contributed by atoms with Gasteiger partial charge in [-0.3, -0.25) is 10.3 Å². The van der Waals surface area contributed by atoms with E-state index in [2.05, 4.69) is 52.2 Å². The van der Waals surface area contributed by atoms with E-state index < -0.39 is 12.0 Å². The van der Waals surface area contributed by atoms with E-state index in [9.17, 15) is 4.79 Å². The Kier molecular flexibility index (Phi) is 8.29. The van der Waals surface area contributed by atoms with Crippen LogP contribution < -0.4 is 5.32 Å². The monoisotopic (exact) mass is 419 g/mol. The SMILES string of the molecule is CCOC(=O)C(NCCCN=[N+]=[N-])c1ncc(Br)cc1Br. The number of ether oxygens (including phenoxy) is 1. The first-order valence-electron chi connectivity index (χ1n) is 6.32. The van der Waals surface area contributed by atoms with E-state index in [4.69, 9.17) is 10.3 Å². The van der Waals surface area contributed by atoms with Crippen LogP contribution in [-0.4, -0.2) is 30.6 Å². The number of nitrogens with one attached hydrogen (secondary N) is 1. The first kappa shape index (κ1) is 17.9. The molecule has 0 saturated heterocycles. The summed E-state index contributed by atoms with van der Waals surface area (Å²) in [4.78, 5) is 19.0. The average molecular weight is 421 g/mol. The Labute approximate surface area is 139 Å². The lowest BCUT2D eigenvalue weighted by atomic mass is 10.2. The van der Waals surface area contributed by atoms with E-state index in [1.807, 2.05) is 6.07 Å². The number of rotatable bonds is 8. The molecule has 0 fully saturated rings. The molecule has 0 spiro atoms. The summed E-state index contributed by atoms with van der Waals surface area (Å²) in [5.74, 6) is -0.392. The van der Waals surface area contributed by atoms with Gasteiger partial charge in [0.25, 0.3) is 0 Å². The second-order valence-corrected chi connectivity index (χ2v) is 5.74. The quantitative estimate of drug-likeness (QED) is 0.228. The lowest BCUT2D eigenvalue weighted by molar-refractivity contribution is -0.146. The van der Waals surface area contributed by atoms with Crippen molar-refractivity contribution in [2.45, 2.75) is 19.4 Å². The Morgan fingerprint density at radius 2 is 2.38 bits per heavy atom. The minimum atomic E-state index is -0.668. The summed E-state index contributed by atoms with van der Waals surface area (Å²) >= 11 is 6.71. The van der Waals surface area contributed by atoms with Crippen molar-refractivity contribution in [1.82, 2.24) is 10.3 Å². The Balaban J connectivity index is 2.81. The third-order valence-electron chi connectivity index (χ3n) is 2.48. The maximum Gasteiger partial charge on any atom is 0.329 e. The number of esters is 1. The summed E-state index contributed by atoms with van der Waals surface area (Å²) in [6.45, 7) is 2.92. The lowest BCUT2D eigenvalue weighted by Crippen LogP contribution is -2.32. The number of halogens is 2. The molecule has 1 aromatic heterocycles. The van der Waals surface area contributed by atoms with Crippen LogP contribution in [0.4, 0.5) is 0 Å². The molecule has 0 radical (unpaired) electrons. The number of pyridine rings is 1. The molecule has 114 valence electrons. The third-order valence-corrected chi connectivity index (χ3v) is 3.55. The molecule has 0 amide bonds. The Hall–Kier alpha value is -1.15. The first-order valence-corrected chi connectivity index (χ1v) is 7.90. The van der Waals surface area contributed by atoms with Crippen molar-refractivity contribution in [3.8, 4) is 0 Å². The van der Waals surface area contributed by atoms with Gasteiger partial charge < -0.3 is 4.74 Å². The molecule has 9 heteroatoms. The van der Waals surface area contributed by atoms with Crippen LogP contribution >= 0.6 is 31.9 Å². The number of nitrogens with zero attached hydrogens (tertiary/aromatic N) is 4. The van der Waals surface area contributed by atoms with E-state index >= 15 is 0 Å². The summed E-state index contributed by atoms with van der Waals surface area (Å²) in [6, 6.07) is 1.15. The van der Waals surface area contributed by atoms with Gasteiger partial charge in [0.2, 0.25) is 0 Å². The van der Waals surface area contributed by atoms with E-state index in [0.717, 1.165) is 4.47 Å². The van der Waals surface area contributed by atoms with Crippen molar-refractivity contribution in [3.63, 3.8) is 0 Å². The molecule has 21 heavy (non-hydrogen) atoms. The Bertz CT molecular complexity index is 534. The zero-order valence-corrected chi connectivity index (χ0v) is 14.6. The average Bonchev–Trinajstić information content (AvgIpc) is 2.44. The first-order chi connectivity index (χ1) is 10.1. The van der Waals surface area contributed by atoms with E-state index in [1.165, 1.54) is 0 Å². The molecule has 1 N–H and O–H groups in total. The van der Waals surface area contributed by atoms with Gasteiger partial charge in [-0.05, 0) is 63.3 Å². The van der Waals surface area contributed by atoms with Crippen LogP contribution in [0, 0.1) is 0 Å². The minimum Gasteiger partial charge on any atom is -0.465 e. The van der Waals surface area contributed by atoms with Crippen LogP contribution in [0.15, 0.2) is 26.3 Å². The lowest BCUT2D eigenvalue weighted by Gasteiger charge is -2.18. The molecule has 7 nitrogen and oxygen atoms in total. The fourth-order valence-corrected chi connectivity index (χ4v) is 2.81. The van der Waals surface area contributed by atoms with Crippen LogP contribution in [0.3, 0.4) is 0 Å². The maximum absolute atomic E-state index is 12.1. The highest BCUT2D eigenvalue weighted by Gasteiger charge is 2.25. The summed E-state index contributed by atoms with van der Waals surface area (Å²) in [7, 11) is 0. The Morgan fingerprint density at radius 3 is 3.00 bits per heavy atom. The van der Waals surface area contributed by atoms with E-state index in [0.29, 0.717) is 36.3 Å². The standard InChI is InChI=1S/C12H15Br2N5O2/c1-2-21-12(20)11(16-4-3-5-18-19-15)10-9(14)6-8(13)7-17-10/h6-7,11,16H,2-5H2,1H3. The maximum atomic E-state index is 12.1. The molecule has 1 aromatic rings. The summed E-state index contributed by atoms with van der Waals surface area (Å²) in [5.41, 5.74) is 8.77. The fraction of sp³-hybridized carbons (Fsp3) is 0.500. The predicted molar refractivity (Wildman–Crippen MR) is 85.6 cm³/mol. The molecule has 0 aliphatic rings. The summed E-state index contributed by atoms with van der Waals surface area (Å²) in [5, 5.41) is 6.52. The van der Waals surface area contributed by atoms with E-state index in [-0.39, 0.29) is 0 Å². The zero-order valence-electron chi connectivity index (χ0n) is 11.4. The van der Waals surface area contributed by atoms with Gasteiger partial charge in [0, 0.05) is 26.6 Å². The van der Waals surface area contributed by atoms with Gasteiger partial charge in [0.05, 0.1) is 12.3 Å². The Morgan fingerprint density at radius 1 is 1.62 bits per heavy atom. The van der Waals surface area contributed by atoms with Crippen molar-refractivity contribution >= 4 is 37.8 Å². The molecule has 0 saturated carbocycles. The van der Waals surface area contributed by atoms with Crippen LogP contribution in [-0.2, 0) is 9.53 Å². The fourth-order valence-electron chi connectivity index (χ4n) is 1.60. The van der Waals surface area contributed by atoms with Crippen LogP contribution in [0.2, 0.25) is 0 Å². The molecular formula is C12H15Br2N5O2. The molecule has 1 heterocycles. The van der Waals surface area contributed by atoms with E-state index in [1.54, 1.807) is 13.1 Å². The van der Waals surface area contributed by atoms with Crippen LogP contribution in [0.5, 0.6) is 0 Å². The van der Waals surface area contributed by atoms with Crippen molar-refractivity contribution < 1.29 is 9.53 Å². The molecule has 0 bridgehead atoms. The molecule has 0 aliphatic carbocycles. The van der Waals surface area contributed by atoms with Gasteiger partial charge in [-0.2, -0.15) is 0 Å². The highest BCUT2D eigenvalue weighted by Crippen LogP contribution is 2.25. The van der Waals surface area contributed by atoms with Crippen molar-refractivity contribution in [3.05, 3.63) is 37.3 Å². The number of carbonyl (C=O) groups excluding carboxylic acids is 1. The molecule has 0 aliphatic heterocycles. The number of azide groups is 1. The number of aromatic nitrogens is 1. The van der Waals surface area contributed by atoms with Crippen LogP contribution in [0.25, 0.3) is 10.4 Å². The second-order valence-electron chi connectivity index (χ2n) is 3.97. The smallest absolute Gasteiger partial charge is 0.329 e. The van der Waals surface area contributed by atoms with Gasteiger partial charge in [0.15, 0.2) is 0 Å². The van der Waals surface area contributed by atoms with Gasteiger partial charge in [-0.1, -0.05) is 5.11 Å². The molecule has 1 unspecified atom stereocenters. The molecular weight excluding hydrogens is 406 g/mol. The molecule has 1 atom stereocenters. The number of hydrogen-bond donors (Lipinski definition) is 1. The van der Waals surface area contributed by atoms with Gasteiger partial charge >= 0.3 is 5.97 Å². The zero-order chi connectivity index (χ0) is 15.7. The summed E-state index contributed by atoms with van der Waals surface area (Å²) in [6.07, 6.45) is 2.24. The highest BCUT2D eigenvalue weighted by molar-refractivity contribution is 9.11. The topological polar surface area (TPSA) is 100.0 Å². The van der Waals surface area contributed by atoms with Crippen molar-refractivity contribution in [2.75, 3.05) is 19.7 Å². The highest BCUT2D eigenvalue weighted by atomic mass is 79.9. The third kappa shape index (κ3) is 6.01. The van der Waals surface area contributed by atoms with Gasteiger partial charge in [0.1, 0.15) is 6.04 Å². The second kappa shape index (κ2) is 9.73. The number of carbonyl (C=O) groups is 1. The molecule has 1 rings (SSSR count). The van der Waals surface area contributed by atoms with Crippen LogP contribution in [0.1, 0.15) is 25.1 Å². The normalized spacial score (nSPS) is 11.6. The largest absolute Gasteiger partial charge is 0.465 e. The number of hydrogen-bond acceptors (Lipinski definition) is 5. The minimum absolute atomic E-state index is 0.296. The van der Waals surface area contributed by atoms with Gasteiger partial charge in [-0.25, -0.2) is 4.79 Å². The summed E-state index contributed by atoms with van der Waals surface area (Å²) < 4.78 is 6.58. The van der Waals surface area contributed by atoms with Crippen molar-refractivity contribution in [2.24, 2.45) is 5.11 Å². The van der Waals surface area contributed by atoms with Gasteiger partial charge in [-0.15, -0.1) is 0 Å². The molecule has 0 aromatic carbocycles.